The van der Waals surface area contributed by atoms with Crippen molar-refractivity contribution in [2.75, 3.05) is 0 Å². The fraction of sp³-hybridized carbons (Fsp3) is 0.500. The Kier molecular flexibility index (Phi) is 2.12. The largest absolute Gasteiger partial charge is 0.388 e. The van der Waals surface area contributed by atoms with E-state index in [1.807, 2.05) is 0 Å². The Morgan fingerprint density at radius 1 is 1.31 bits per heavy atom. The van der Waals surface area contributed by atoms with E-state index in [1.54, 1.807) is 0 Å². The molecule has 0 saturated heterocycles. The van der Waals surface area contributed by atoms with Crippen molar-refractivity contribution in [1.29, 1.82) is 0 Å². The molecule has 0 spiro atoms. The minimum Gasteiger partial charge on any atom is -0.388 e. The van der Waals surface area contributed by atoms with Crippen LogP contribution in [0.2, 0.25) is 0 Å². The fourth-order valence-corrected chi connectivity index (χ4v) is 2.30. The molecule has 1 aromatic rings. The van der Waals surface area contributed by atoms with E-state index in [2.05, 4.69) is 32.0 Å². The highest BCUT2D eigenvalue weighted by Crippen LogP contribution is 2.38. The molecule has 2 unspecified atom stereocenters. The lowest BCUT2D eigenvalue weighted by Crippen LogP contribution is -2.13. The Morgan fingerprint density at radius 2 is 2.08 bits per heavy atom. The van der Waals surface area contributed by atoms with Crippen LogP contribution in [0.3, 0.4) is 0 Å². The molecule has 2 atom stereocenters. The van der Waals surface area contributed by atoms with Gasteiger partial charge in [-0.1, -0.05) is 25.1 Å². The number of benzene rings is 1. The number of rotatable bonds is 0. The van der Waals surface area contributed by atoms with E-state index in [9.17, 15) is 5.11 Å². The maximum Gasteiger partial charge on any atom is 0.0795 e. The summed E-state index contributed by atoms with van der Waals surface area (Å²) in [5.41, 5.74) is 3.76. The molecule has 0 heterocycles. The van der Waals surface area contributed by atoms with E-state index < -0.39 is 0 Å². The summed E-state index contributed by atoms with van der Waals surface area (Å²) >= 11 is 0. The van der Waals surface area contributed by atoms with Crippen molar-refractivity contribution >= 4 is 0 Å². The van der Waals surface area contributed by atoms with Gasteiger partial charge in [0.1, 0.15) is 0 Å². The molecule has 0 radical (unpaired) electrons. The molecular formula is C12H16O. The highest BCUT2D eigenvalue weighted by molar-refractivity contribution is 5.39. The van der Waals surface area contributed by atoms with Gasteiger partial charge in [0.05, 0.1) is 6.10 Å². The van der Waals surface area contributed by atoms with E-state index >= 15 is 0 Å². The normalized spacial score (nSPS) is 27.0. The van der Waals surface area contributed by atoms with Crippen LogP contribution in [-0.4, -0.2) is 5.11 Å². The zero-order valence-electron chi connectivity index (χ0n) is 8.25. The van der Waals surface area contributed by atoms with Gasteiger partial charge in [-0.15, -0.1) is 0 Å². The second-order valence-electron chi connectivity index (χ2n) is 4.07. The average Bonchev–Trinajstić information content (AvgIpc) is 2.12. The molecule has 0 saturated carbocycles. The van der Waals surface area contributed by atoms with Crippen molar-refractivity contribution in [3.63, 3.8) is 0 Å². The third-order valence-corrected chi connectivity index (χ3v) is 3.10. The van der Waals surface area contributed by atoms with Crippen LogP contribution in [0.25, 0.3) is 0 Å². The molecule has 1 nitrogen and oxygen atoms in total. The van der Waals surface area contributed by atoms with Crippen molar-refractivity contribution in [2.45, 2.75) is 38.7 Å². The molecule has 1 aliphatic rings. The maximum absolute atomic E-state index is 9.86. The van der Waals surface area contributed by atoms with Gasteiger partial charge in [-0.2, -0.15) is 0 Å². The summed E-state index contributed by atoms with van der Waals surface area (Å²) in [6.07, 6.45) is 1.80. The van der Waals surface area contributed by atoms with Crippen LogP contribution in [0.15, 0.2) is 18.2 Å². The molecule has 1 aliphatic carbocycles. The summed E-state index contributed by atoms with van der Waals surface area (Å²) < 4.78 is 0. The summed E-state index contributed by atoms with van der Waals surface area (Å²) in [4.78, 5) is 0. The molecule has 0 aromatic heterocycles. The molecule has 0 amide bonds. The molecule has 0 aliphatic heterocycles. The Bertz CT molecular complexity index is 317. The van der Waals surface area contributed by atoms with E-state index in [0.29, 0.717) is 5.92 Å². The molecule has 0 fully saturated rings. The minimum atomic E-state index is -0.229. The highest BCUT2D eigenvalue weighted by Gasteiger charge is 2.23. The van der Waals surface area contributed by atoms with E-state index in [4.69, 9.17) is 0 Å². The molecule has 1 aromatic carbocycles. The summed E-state index contributed by atoms with van der Waals surface area (Å²) in [6, 6.07) is 6.32. The summed E-state index contributed by atoms with van der Waals surface area (Å²) in [5, 5.41) is 9.86. The lowest BCUT2D eigenvalue weighted by molar-refractivity contribution is 0.151. The van der Waals surface area contributed by atoms with Gasteiger partial charge in [-0.25, -0.2) is 0 Å². The minimum absolute atomic E-state index is 0.229. The summed E-state index contributed by atoms with van der Waals surface area (Å²) in [6.45, 7) is 4.32. The first kappa shape index (κ1) is 8.76. The first-order valence-electron chi connectivity index (χ1n) is 4.97. The topological polar surface area (TPSA) is 20.2 Å². The lowest BCUT2D eigenvalue weighted by Gasteiger charge is -2.27. The number of hydrogen-bond acceptors (Lipinski definition) is 1. The van der Waals surface area contributed by atoms with Crippen molar-refractivity contribution < 1.29 is 5.11 Å². The van der Waals surface area contributed by atoms with Crippen LogP contribution in [0, 0.1) is 6.92 Å². The average molecular weight is 176 g/mol. The van der Waals surface area contributed by atoms with Gasteiger partial charge in [-0.05, 0) is 42.4 Å². The zero-order chi connectivity index (χ0) is 9.42. The van der Waals surface area contributed by atoms with Crippen molar-refractivity contribution in [3.8, 4) is 0 Å². The Hall–Kier alpha value is -0.820. The van der Waals surface area contributed by atoms with Gasteiger partial charge in [0.2, 0.25) is 0 Å². The predicted molar refractivity (Wildman–Crippen MR) is 53.8 cm³/mol. The molecule has 2 rings (SSSR count). The van der Waals surface area contributed by atoms with E-state index in [-0.39, 0.29) is 6.10 Å². The SMILES string of the molecule is Cc1cccc2c1C(O)CCC2C. The Morgan fingerprint density at radius 3 is 2.77 bits per heavy atom. The van der Waals surface area contributed by atoms with Crippen LogP contribution in [0.1, 0.15) is 48.5 Å². The lowest BCUT2D eigenvalue weighted by atomic mass is 9.80. The molecule has 13 heavy (non-hydrogen) atoms. The molecule has 0 bridgehead atoms. The van der Waals surface area contributed by atoms with Gasteiger partial charge in [0.25, 0.3) is 0 Å². The Balaban J connectivity index is 2.56. The second-order valence-corrected chi connectivity index (χ2v) is 4.07. The van der Waals surface area contributed by atoms with Crippen molar-refractivity contribution in [1.82, 2.24) is 0 Å². The van der Waals surface area contributed by atoms with E-state index in [1.165, 1.54) is 16.7 Å². The quantitative estimate of drug-likeness (QED) is 0.644. The molecule has 1 N–H and O–H groups in total. The molecule has 1 heteroatoms. The van der Waals surface area contributed by atoms with Crippen LogP contribution in [0.5, 0.6) is 0 Å². The number of aryl methyl sites for hydroxylation is 1. The third kappa shape index (κ3) is 1.37. The standard InChI is InChI=1S/C12H16O/c1-8-6-7-11(13)12-9(2)4-3-5-10(8)12/h3-5,8,11,13H,6-7H2,1-2H3. The molecular weight excluding hydrogens is 160 g/mol. The molecule has 70 valence electrons. The number of fused-ring (bicyclic) bond motifs is 1. The number of hydrogen-bond donors (Lipinski definition) is 1. The van der Waals surface area contributed by atoms with Crippen molar-refractivity contribution in [2.24, 2.45) is 0 Å². The smallest absolute Gasteiger partial charge is 0.0795 e. The van der Waals surface area contributed by atoms with Gasteiger partial charge in [0, 0.05) is 0 Å². The van der Waals surface area contributed by atoms with Gasteiger partial charge >= 0.3 is 0 Å². The summed E-state index contributed by atoms with van der Waals surface area (Å²) in [5.74, 6) is 0.610. The van der Waals surface area contributed by atoms with Gasteiger partial charge in [-0.3, -0.25) is 0 Å². The van der Waals surface area contributed by atoms with Crippen LogP contribution in [0.4, 0.5) is 0 Å². The second kappa shape index (κ2) is 3.15. The van der Waals surface area contributed by atoms with Crippen LogP contribution < -0.4 is 0 Å². The predicted octanol–water partition coefficient (Wildman–Crippen LogP) is 2.93. The Labute approximate surface area is 79.4 Å². The zero-order valence-corrected chi connectivity index (χ0v) is 8.25. The number of aliphatic hydroxyl groups is 1. The summed E-state index contributed by atoms with van der Waals surface area (Å²) in [7, 11) is 0. The van der Waals surface area contributed by atoms with Crippen LogP contribution >= 0.6 is 0 Å². The highest BCUT2D eigenvalue weighted by atomic mass is 16.3. The van der Waals surface area contributed by atoms with Crippen LogP contribution in [-0.2, 0) is 0 Å². The van der Waals surface area contributed by atoms with Gasteiger partial charge < -0.3 is 5.11 Å². The maximum atomic E-state index is 9.86. The monoisotopic (exact) mass is 176 g/mol. The first-order valence-corrected chi connectivity index (χ1v) is 4.97. The number of aliphatic hydroxyl groups excluding tert-OH is 1. The van der Waals surface area contributed by atoms with E-state index in [0.717, 1.165) is 12.8 Å². The fourth-order valence-electron chi connectivity index (χ4n) is 2.30. The first-order chi connectivity index (χ1) is 6.20. The van der Waals surface area contributed by atoms with Gasteiger partial charge in [0.15, 0.2) is 0 Å². The third-order valence-electron chi connectivity index (χ3n) is 3.10. The van der Waals surface area contributed by atoms with Crippen molar-refractivity contribution in [3.05, 3.63) is 34.9 Å².